The molecule has 2 heterocycles. The van der Waals surface area contributed by atoms with Gasteiger partial charge in [-0.15, -0.1) is 0 Å². The third-order valence-corrected chi connectivity index (χ3v) is 4.95. The molecule has 2 rings (SSSR count). The van der Waals surface area contributed by atoms with Crippen LogP contribution in [0.4, 0.5) is 0 Å². The van der Waals surface area contributed by atoms with Crippen LogP contribution in [-0.4, -0.2) is 41.9 Å². The molecule has 6 heteroatoms. The predicted octanol–water partition coefficient (Wildman–Crippen LogP) is 1.42. The number of aryl methyl sites for hydroxylation is 2. The highest BCUT2D eigenvalue weighted by atomic mass is 32.2. The van der Waals surface area contributed by atoms with Gasteiger partial charge in [0, 0.05) is 36.8 Å². The number of sulfone groups is 1. The van der Waals surface area contributed by atoms with E-state index in [0.29, 0.717) is 12.6 Å². The summed E-state index contributed by atoms with van der Waals surface area (Å²) in [4.78, 5) is 2.24. The van der Waals surface area contributed by atoms with E-state index in [1.165, 1.54) is 5.56 Å². The Labute approximate surface area is 114 Å². The minimum atomic E-state index is -3.12. The standard InChI is InChI=1S/C13H21N3O2S/c1-4-19(17,18)9-8-16-7-5-6-13(16)12-10-15(3)14-11(12)2/h4,10,13H,1,5-9H2,2-3H3. The zero-order valence-electron chi connectivity index (χ0n) is 11.5. The molecule has 0 spiro atoms. The quantitative estimate of drug-likeness (QED) is 0.820. The van der Waals surface area contributed by atoms with Crippen molar-refractivity contribution < 1.29 is 8.42 Å². The van der Waals surface area contributed by atoms with E-state index in [1.807, 2.05) is 24.9 Å². The van der Waals surface area contributed by atoms with Crippen molar-refractivity contribution >= 4 is 9.84 Å². The first-order valence-electron chi connectivity index (χ1n) is 6.52. The summed E-state index contributed by atoms with van der Waals surface area (Å²) in [5.41, 5.74) is 2.25. The summed E-state index contributed by atoms with van der Waals surface area (Å²) < 4.78 is 24.8. The van der Waals surface area contributed by atoms with Crippen LogP contribution < -0.4 is 0 Å². The Kier molecular flexibility index (Phi) is 4.10. The molecule has 0 aromatic carbocycles. The largest absolute Gasteiger partial charge is 0.295 e. The van der Waals surface area contributed by atoms with E-state index in [9.17, 15) is 8.42 Å². The van der Waals surface area contributed by atoms with Gasteiger partial charge in [-0.1, -0.05) is 6.58 Å². The predicted molar refractivity (Wildman–Crippen MR) is 75.5 cm³/mol. The Hall–Kier alpha value is -1.14. The highest BCUT2D eigenvalue weighted by Crippen LogP contribution is 2.32. The SMILES string of the molecule is C=CS(=O)(=O)CCN1CCCC1c1cn(C)nc1C. The number of aromatic nitrogens is 2. The highest BCUT2D eigenvalue weighted by molar-refractivity contribution is 7.94. The van der Waals surface area contributed by atoms with Gasteiger partial charge in [-0.3, -0.25) is 9.58 Å². The molecule has 1 atom stereocenters. The van der Waals surface area contributed by atoms with Crippen LogP contribution in [0.5, 0.6) is 0 Å². The number of rotatable bonds is 5. The smallest absolute Gasteiger partial charge is 0.172 e. The van der Waals surface area contributed by atoms with E-state index in [1.54, 1.807) is 0 Å². The van der Waals surface area contributed by atoms with E-state index < -0.39 is 9.84 Å². The van der Waals surface area contributed by atoms with E-state index >= 15 is 0 Å². The Morgan fingerprint density at radius 2 is 2.32 bits per heavy atom. The van der Waals surface area contributed by atoms with Gasteiger partial charge in [-0.25, -0.2) is 8.42 Å². The van der Waals surface area contributed by atoms with Gasteiger partial charge in [-0.05, 0) is 26.3 Å². The van der Waals surface area contributed by atoms with Crippen molar-refractivity contribution in [1.82, 2.24) is 14.7 Å². The lowest BCUT2D eigenvalue weighted by Crippen LogP contribution is -2.28. The molecule has 106 valence electrons. The lowest BCUT2D eigenvalue weighted by atomic mass is 10.1. The first kappa shape index (κ1) is 14.3. The molecule has 0 saturated carbocycles. The lowest BCUT2D eigenvalue weighted by molar-refractivity contribution is 0.272. The molecule has 1 fully saturated rings. The van der Waals surface area contributed by atoms with Gasteiger partial charge in [0.2, 0.25) is 0 Å². The fourth-order valence-electron chi connectivity index (χ4n) is 2.72. The van der Waals surface area contributed by atoms with Crippen LogP contribution in [0.15, 0.2) is 18.2 Å². The van der Waals surface area contributed by atoms with Crippen LogP contribution in [0, 0.1) is 6.92 Å². The minimum absolute atomic E-state index is 0.145. The average molecular weight is 283 g/mol. The Bertz CT molecular complexity index is 562. The molecule has 0 aliphatic carbocycles. The molecular formula is C13H21N3O2S. The second-order valence-corrected chi connectivity index (χ2v) is 7.14. The summed E-state index contributed by atoms with van der Waals surface area (Å²) >= 11 is 0. The normalized spacial score (nSPS) is 20.8. The summed E-state index contributed by atoms with van der Waals surface area (Å²) in [7, 11) is -1.20. The number of likely N-dealkylation sites (tertiary alicyclic amines) is 1. The number of hydrogen-bond donors (Lipinski definition) is 0. The molecule has 1 aliphatic rings. The van der Waals surface area contributed by atoms with Crippen LogP contribution >= 0.6 is 0 Å². The van der Waals surface area contributed by atoms with Crippen LogP contribution in [0.2, 0.25) is 0 Å². The monoisotopic (exact) mass is 283 g/mol. The summed E-state index contributed by atoms with van der Waals surface area (Å²) in [6.45, 7) is 6.87. The molecule has 0 bridgehead atoms. The molecule has 1 aromatic rings. The summed E-state index contributed by atoms with van der Waals surface area (Å²) in [6.07, 6.45) is 4.22. The summed E-state index contributed by atoms with van der Waals surface area (Å²) in [5, 5.41) is 5.42. The van der Waals surface area contributed by atoms with Gasteiger partial charge >= 0.3 is 0 Å². The Balaban J connectivity index is 2.09. The zero-order chi connectivity index (χ0) is 14.0. The number of nitrogens with zero attached hydrogens (tertiary/aromatic N) is 3. The molecule has 1 aromatic heterocycles. The van der Waals surface area contributed by atoms with Gasteiger partial charge in [-0.2, -0.15) is 5.10 Å². The average Bonchev–Trinajstić information content (AvgIpc) is 2.93. The van der Waals surface area contributed by atoms with E-state index in [-0.39, 0.29) is 5.75 Å². The summed E-state index contributed by atoms with van der Waals surface area (Å²) in [5.74, 6) is 0.145. The Morgan fingerprint density at radius 1 is 1.58 bits per heavy atom. The topological polar surface area (TPSA) is 55.2 Å². The first-order valence-corrected chi connectivity index (χ1v) is 8.24. The van der Waals surface area contributed by atoms with Gasteiger partial charge < -0.3 is 0 Å². The molecule has 0 N–H and O–H groups in total. The van der Waals surface area contributed by atoms with Gasteiger partial charge in [0.15, 0.2) is 9.84 Å². The Morgan fingerprint density at radius 3 is 2.89 bits per heavy atom. The van der Waals surface area contributed by atoms with Crippen molar-refractivity contribution in [1.29, 1.82) is 0 Å². The molecule has 1 saturated heterocycles. The van der Waals surface area contributed by atoms with E-state index in [4.69, 9.17) is 0 Å². The van der Waals surface area contributed by atoms with Crippen LogP contribution in [0.1, 0.15) is 30.1 Å². The first-order chi connectivity index (χ1) is 8.93. The van der Waals surface area contributed by atoms with E-state index in [2.05, 4.69) is 16.6 Å². The fraction of sp³-hybridized carbons (Fsp3) is 0.615. The van der Waals surface area contributed by atoms with Crippen LogP contribution in [-0.2, 0) is 16.9 Å². The van der Waals surface area contributed by atoms with Crippen molar-refractivity contribution in [2.45, 2.75) is 25.8 Å². The van der Waals surface area contributed by atoms with Crippen molar-refractivity contribution in [2.24, 2.45) is 7.05 Å². The minimum Gasteiger partial charge on any atom is -0.295 e. The van der Waals surface area contributed by atoms with Gasteiger partial charge in [0.25, 0.3) is 0 Å². The fourth-order valence-corrected chi connectivity index (χ4v) is 3.37. The maximum Gasteiger partial charge on any atom is 0.172 e. The third-order valence-electron chi connectivity index (χ3n) is 3.69. The molecule has 0 amide bonds. The molecule has 1 aliphatic heterocycles. The zero-order valence-corrected chi connectivity index (χ0v) is 12.4. The van der Waals surface area contributed by atoms with Crippen LogP contribution in [0.25, 0.3) is 0 Å². The van der Waals surface area contributed by atoms with E-state index in [0.717, 1.165) is 30.5 Å². The maximum absolute atomic E-state index is 11.5. The van der Waals surface area contributed by atoms with Crippen molar-refractivity contribution in [3.8, 4) is 0 Å². The van der Waals surface area contributed by atoms with Crippen LogP contribution in [0.3, 0.4) is 0 Å². The van der Waals surface area contributed by atoms with Crippen molar-refractivity contribution in [3.63, 3.8) is 0 Å². The molecule has 0 radical (unpaired) electrons. The molecule has 1 unspecified atom stereocenters. The van der Waals surface area contributed by atoms with Gasteiger partial charge in [0.1, 0.15) is 0 Å². The molecular weight excluding hydrogens is 262 g/mol. The second kappa shape index (κ2) is 5.46. The van der Waals surface area contributed by atoms with Gasteiger partial charge in [0.05, 0.1) is 11.4 Å². The third kappa shape index (κ3) is 3.25. The van der Waals surface area contributed by atoms with Crippen molar-refractivity contribution in [3.05, 3.63) is 29.4 Å². The van der Waals surface area contributed by atoms with Crippen molar-refractivity contribution in [2.75, 3.05) is 18.8 Å². The maximum atomic E-state index is 11.5. The molecule has 5 nitrogen and oxygen atoms in total. The second-order valence-electron chi connectivity index (χ2n) is 5.07. The number of hydrogen-bond acceptors (Lipinski definition) is 4. The summed E-state index contributed by atoms with van der Waals surface area (Å²) in [6, 6.07) is 0.300. The highest BCUT2D eigenvalue weighted by Gasteiger charge is 2.28. The molecule has 19 heavy (non-hydrogen) atoms. The lowest BCUT2D eigenvalue weighted by Gasteiger charge is -2.23.